The Morgan fingerprint density at radius 1 is 1.21 bits per heavy atom. The van der Waals surface area contributed by atoms with Crippen molar-refractivity contribution in [2.24, 2.45) is 5.73 Å². The Hall–Kier alpha value is -1.10. The van der Waals surface area contributed by atoms with Gasteiger partial charge in [-0.05, 0) is 37.1 Å². The minimum Gasteiger partial charge on any atom is -0.377 e. The third kappa shape index (κ3) is 3.08. The molecule has 1 heterocycles. The Morgan fingerprint density at radius 3 is 2.32 bits per heavy atom. The first-order chi connectivity index (χ1) is 9.19. The van der Waals surface area contributed by atoms with E-state index in [-0.39, 0.29) is 12.2 Å². The average Bonchev–Trinajstić information content (AvgIpc) is 2.82. The molecule has 1 aromatic carbocycles. The molecule has 0 aromatic heterocycles. The summed E-state index contributed by atoms with van der Waals surface area (Å²) in [5.74, 6) is 0. The van der Waals surface area contributed by atoms with Crippen molar-refractivity contribution < 1.29 is 9.47 Å². The van der Waals surface area contributed by atoms with Gasteiger partial charge in [0.05, 0.1) is 0 Å². The van der Waals surface area contributed by atoms with Gasteiger partial charge in [-0.15, -0.1) is 0 Å². The quantitative estimate of drug-likeness (QED) is 0.872. The highest BCUT2D eigenvalue weighted by atomic mass is 16.5. The van der Waals surface area contributed by atoms with E-state index in [1.165, 1.54) is 16.8 Å². The van der Waals surface area contributed by atoms with E-state index in [0.717, 1.165) is 19.5 Å². The Kier molecular flexibility index (Phi) is 4.80. The normalized spacial score (nSPS) is 23.1. The lowest BCUT2D eigenvalue weighted by molar-refractivity contribution is -0.00461. The van der Waals surface area contributed by atoms with Crippen molar-refractivity contribution in [1.82, 2.24) is 0 Å². The van der Waals surface area contributed by atoms with Gasteiger partial charge in [-0.2, -0.15) is 0 Å². The Labute approximate surface area is 115 Å². The van der Waals surface area contributed by atoms with Gasteiger partial charge in [-0.25, -0.2) is 0 Å². The number of ether oxygens (including phenoxy) is 2. The molecule has 0 amide bonds. The predicted octanol–water partition coefficient (Wildman–Crippen LogP) is 1.35. The lowest BCUT2D eigenvalue weighted by Gasteiger charge is -2.21. The maximum absolute atomic E-state index is 5.60. The molecule has 1 aromatic rings. The van der Waals surface area contributed by atoms with Gasteiger partial charge in [0.15, 0.2) is 0 Å². The number of hydrogen-bond acceptors (Lipinski definition) is 4. The van der Waals surface area contributed by atoms with E-state index in [9.17, 15) is 0 Å². The monoisotopic (exact) mass is 264 g/mol. The van der Waals surface area contributed by atoms with Gasteiger partial charge in [0.25, 0.3) is 0 Å². The van der Waals surface area contributed by atoms with Crippen molar-refractivity contribution in [2.75, 3.05) is 38.8 Å². The highest BCUT2D eigenvalue weighted by Crippen LogP contribution is 2.27. The van der Waals surface area contributed by atoms with Crippen LogP contribution >= 0.6 is 0 Å². The first-order valence-electron chi connectivity index (χ1n) is 6.79. The minimum atomic E-state index is 0.146. The summed E-state index contributed by atoms with van der Waals surface area (Å²) < 4.78 is 11.0. The number of hydrogen-bond donors (Lipinski definition) is 1. The molecule has 1 fully saturated rings. The van der Waals surface area contributed by atoms with Gasteiger partial charge in [-0.1, -0.05) is 12.1 Å². The summed E-state index contributed by atoms with van der Waals surface area (Å²) in [5, 5.41) is 0. The summed E-state index contributed by atoms with van der Waals surface area (Å²) in [4.78, 5) is 2.34. The smallest absolute Gasteiger partial charge is 0.102 e. The molecule has 0 aliphatic carbocycles. The van der Waals surface area contributed by atoms with E-state index in [4.69, 9.17) is 15.2 Å². The molecule has 4 heteroatoms. The van der Waals surface area contributed by atoms with Gasteiger partial charge in [0.1, 0.15) is 12.2 Å². The molecule has 4 nitrogen and oxygen atoms in total. The minimum absolute atomic E-state index is 0.146. The molecule has 2 unspecified atom stereocenters. The van der Waals surface area contributed by atoms with Crippen molar-refractivity contribution in [1.29, 1.82) is 0 Å². The number of benzene rings is 1. The van der Waals surface area contributed by atoms with E-state index in [1.807, 2.05) is 0 Å². The van der Waals surface area contributed by atoms with Crippen LogP contribution in [0.15, 0.2) is 18.2 Å². The first-order valence-corrected chi connectivity index (χ1v) is 6.79. The average molecular weight is 264 g/mol. The summed E-state index contributed by atoms with van der Waals surface area (Å²) in [7, 11) is 3.49. The largest absolute Gasteiger partial charge is 0.377 e. The predicted molar refractivity (Wildman–Crippen MR) is 77.7 cm³/mol. The summed E-state index contributed by atoms with van der Waals surface area (Å²) >= 11 is 0. The van der Waals surface area contributed by atoms with Gasteiger partial charge < -0.3 is 20.1 Å². The first kappa shape index (κ1) is 14.3. The van der Waals surface area contributed by atoms with Gasteiger partial charge in [-0.3, -0.25) is 0 Å². The molecule has 1 saturated heterocycles. The number of rotatable bonds is 5. The molecule has 0 radical (unpaired) electrons. The second-order valence-corrected chi connectivity index (χ2v) is 5.11. The number of methoxy groups -OCH3 is 2. The van der Waals surface area contributed by atoms with Crippen molar-refractivity contribution in [3.05, 3.63) is 29.3 Å². The van der Waals surface area contributed by atoms with Crippen molar-refractivity contribution >= 4 is 5.69 Å². The maximum atomic E-state index is 5.60. The third-order valence-corrected chi connectivity index (χ3v) is 3.86. The molecule has 0 bridgehead atoms. The fourth-order valence-corrected chi connectivity index (χ4v) is 2.79. The van der Waals surface area contributed by atoms with Crippen molar-refractivity contribution in [3.63, 3.8) is 0 Å². The van der Waals surface area contributed by atoms with Gasteiger partial charge >= 0.3 is 0 Å². The molecule has 2 rings (SSSR count). The topological polar surface area (TPSA) is 47.7 Å². The van der Waals surface area contributed by atoms with Crippen LogP contribution in [0.2, 0.25) is 0 Å². The zero-order valence-corrected chi connectivity index (χ0v) is 12.1. The van der Waals surface area contributed by atoms with Crippen LogP contribution in [0.25, 0.3) is 0 Å². The van der Waals surface area contributed by atoms with Gasteiger partial charge in [0.2, 0.25) is 0 Å². The van der Waals surface area contributed by atoms with Crippen LogP contribution in [0.1, 0.15) is 11.1 Å². The molecule has 0 spiro atoms. The molecule has 0 saturated carbocycles. The van der Waals surface area contributed by atoms with Crippen LogP contribution in [0, 0.1) is 6.92 Å². The molecule has 2 N–H and O–H groups in total. The highest BCUT2D eigenvalue weighted by molar-refractivity contribution is 5.55. The molecule has 106 valence electrons. The fourth-order valence-electron chi connectivity index (χ4n) is 2.79. The molecule has 2 atom stereocenters. The highest BCUT2D eigenvalue weighted by Gasteiger charge is 2.33. The van der Waals surface area contributed by atoms with Crippen molar-refractivity contribution in [2.45, 2.75) is 25.6 Å². The lowest BCUT2D eigenvalue weighted by atomic mass is 10.1. The van der Waals surface area contributed by atoms with Crippen LogP contribution in [0.4, 0.5) is 5.69 Å². The van der Waals surface area contributed by atoms with E-state index in [1.54, 1.807) is 14.2 Å². The van der Waals surface area contributed by atoms with E-state index in [2.05, 4.69) is 30.0 Å². The molecular formula is C15H24N2O2. The molecule has 19 heavy (non-hydrogen) atoms. The number of anilines is 1. The van der Waals surface area contributed by atoms with Crippen LogP contribution < -0.4 is 10.6 Å². The summed E-state index contributed by atoms with van der Waals surface area (Å²) in [6.45, 7) is 4.61. The summed E-state index contributed by atoms with van der Waals surface area (Å²) in [6.07, 6.45) is 1.23. The van der Waals surface area contributed by atoms with Crippen LogP contribution in [0.3, 0.4) is 0 Å². The fraction of sp³-hybridized carbons (Fsp3) is 0.600. The maximum Gasteiger partial charge on any atom is 0.102 e. The number of nitrogens with two attached hydrogens (primary N) is 1. The van der Waals surface area contributed by atoms with Crippen LogP contribution in [-0.4, -0.2) is 46.1 Å². The standard InChI is InChI=1S/C15H24N2O2/c1-11-8-12(6-7-16)4-5-13(11)17-9-14(18-2)15(10-17)19-3/h4-5,8,14-15H,6-7,9-10,16H2,1-3H3. The lowest BCUT2D eigenvalue weighted by Crippen LogP contribution is -2.27. The number of nitrogens with zero attached hydrogens (tertiary/aromatic N) is 1. The van der Waals surface area contributed by atoms with Gasteiger partial charge in [0, 0.05) is 33.0 Å². The second-order valence-electron chi connectivity index (χ2n) is 5.11. The SMILES string of the molecule is COC1CN(c2ccc(CCN)cc2C)CC1OC. The third-order valence-electron chi connectivity index (χ3n) is 3.86. The molecule has 1 aliphatic heterocycles. The zero-order chi connectivity index (χ0) is 13.8. The second kappa shape index (κ2) is 6.37. The Balaban J connectivity index is 2.14. The number of aryl methyl sites for hydroxylation is 1. The Bertz CT molecular complexity index is 411. The van der Waals surface area contributed by atoms with Crippen LogP contribution in [0.5, 0.6) is 0 Å². The zero-order valence-electron chi connectivity index (χ0n) is 12.1. The van der Waals surface area contributed by atoms with Crippen molar-refractivity contribution in [3.8, 4) is 0 Å². The summed E-state index contributed by atoms with van der Waals surface area (Å²) in [6, 6.07) is 6.58. The van der Waals surface area contributed by atoms with E-state index >= 15 is 0 Å². The molecule has 1 aliphatic rings. The Morgan fingerprint density at radius 2 is 1.84 bits per heavy atom. The molecular weight excluding hydrogens is 240 g/mol. The summed E-state index contributed by atoms with van der Waals surface area (Å²) in [5.41, 5.74) is 9.46. The van der Waals surface area contributed by atoms with Crippen LogP contribution in [-0.2, 0) is 15.9 Å². The van der Waals surface area contributed by atoms with E-state index < -0.39 is 0 Å². The van der Waals surface area contributed by atoms with E-state index in [0.29, 0.717) is 6.54 Å².